The number of rotatable bonds is 3. The number of hydrogen-bond acceptors (Lipinski definition) is 5. The fourth-order valence-electron chi connectivity index (χ4n) is 3.98. The van der Waals surface area contributed by atoms with Crippen molar-refractivity contribution in [1.82, 2.24) is 14.9 Å². The number of hydrogen-bond donors (Lipinski definition) is 0. The number of aryl methyl sites for hydroxylation is 1. The third-order valence-electron chi connectivity index (χ3n) is 5.30. The molecular formula is C18H23FN4O. The van der Waals surface area contributed by atoms with Gasteiger partial charge in [0.25, 0.3) is 0 Å². The summed E-state index contributed by atoms with van der Waals surface area (Å²) in [7, 11) is 0. The van der Waals surface area contributed by atoms with Crippen molar-refractivity contribution in [2.24, 2.45) is 5.41 Å². The maximum atomic E-state index is 14.8. The number of anilines is 1. The van der Waals surface area contributed by atoms with Gasteiger partial charge in [-0.25, -0.2) is 14.4 Å². The highest BCUT2D eigenvalue weighted by Gasteiger charge is 2.48. The molecule has 2 aliphatic heterocycles. The highest BCUT2D eigenvalue weighted by molar-refractivity contribution is 5.32. The van der Waals surface area contributed by atoms with Crippen molar-refractivity contribution in [3.05, 3.63) is 42.1 Å². The molecule has 2 atom stereocenters. The number of aromatic nitrogens is 2. The summed E-state index contributed by atoms with van der Waals surface area (Å²) >= 11 is 0. The van der Waals surface area contributed by atoms with Gasteiger partial charge in [0.2, 0.25) is 5.95 Å². The molecule has 2 saturated heterocycles. The average Bonchev–Trinajstić information content (AvgIpc) is 3.22. The van der Waals surface area contributed by atoms with Crippen molar-refractivity contribution >= 4 is 5.95 Å². The van der Waals surface area contributed by atoms with Crippen molar-refractivity contribution in [2.75, 3.05) is 31.1 Å². The zero-order chi connectivity index (χ0) is 16.6. The van der Waals surface area contributed by atoms with Crippen LogP contribution < -0.4 is 4.90 Å². The van der Waals surface area contributed by atoms with Crippen molar-refractivity contribution < 1.29 is 8.81 Å². The second kappa shape index (κ2) is 6.16. The Labute approximate surface area is 141 Å². The van der Waals surface area contributed by atoms with E-state index in [9.17, 15) is 4.39 Å². The van der Waals surface area contributed by atoms with Crippen LogP contribution in [0.25, 0.3) is 0 Å². The van der Waals surface area contributed by atoms with Crippen LogP contribution in [0.3, 0.4) is 0 Å². The van der Waals surface area contributed by atoms with Gasteiger partial charge >= 0.3 is 0 Å². The lowest BCUT2D eigenvalue weighted by Crippen LogP contribution is -2.52. The van der Waals surface area contributed by atoms with Gasteiger partial charge in [0, 0.05) is 37.4 Å². The summed E-state index contributed by atoms with van der Waals surface area (Å²) in [4.78, 5) is 13.3. The van der Waals surface area contributed by atoms with E-state index in [0.717, 1.165) is 43.3 Å². The second-order valence-corrected chi connectivity index (χ2v) is 7.14. The Morgan fingerprint density at radius 1 is 1.29 bits per heavy atom. The zero-order valence-electron chi connectivity index (χ0n) is 14.0. The first-order valence-corrected chi connectivity index (χ1v) is 8.57. The molecule has 0 amide bonds. The largest absolute Gasteiger partial charge is 0.468 e. The van der Waals surface area contributed by atoms with E-state index in [1.807, 2.05) is 31.5 Å². The van der Waals surface area contributed by atoms with Crippen LogP contribution in [0.2, 0.25) is 0 Å². The first-order chi connectivity index (χ1) is 11.6. The number of alkyl halides is 1. The molecule has 0 aliphatic carbocycles. The molecule has 0 saturated carbocycles. The van der Waals surface area contributed by atoms with Crippen LogP contribution in [0, 0.1) is 12.3 Å². The van der Waals surface area contributed by atoms with Crippen molar-refractivity contribution in [3.63, 3.8) is 0 Å². The van der Waals surface area contributed by atoms with Gasteiger partial charge in [-0.2, -0.15) is 0 Å². The van der Waals surface area contributed by atoms with E-state index in [2.05, 4.69) is 19.8 Å². The lowest BCUT2D eigenvalue weighted by atomic mass is 9.77. The molecule has 0 aromatic carbocycles. The smallest absolute Gasteiger partial charge is 0.225 e. The van der Waals surface area contributed by atoms with E-state index in [1.165, 1.54) is 0 Å². The van der Waals surface area contributed by atoms with Crippen LogP contribution in [0.15, 0.2) is 35.2 Å². The zero-order valence-corrected chi connectivity index (χ0v) is 14.0. The Morgan fingerprint density at radius 3 is 2.88 bits per heavy atom. The summed E-state index contributed by atoms with van der Waals surface area (Å²) in [5.74, 6) is 1.66. The van der Waals surface area contributed by atoms with Crippen LogP contribution in [-0.2, 0) is 6.54 Å². The number of piperidine rings is 1. The standard InChI is InChI=1S/C18H23FN4O/c1-14-9-20-17(21-10-14)23-6-4-16(19)18(13-23)5-7-22(12-18)11-15-3-2-8-24-15/h2-3,8-10,16H,4-7,11-13H2,1H3. The monoisotopic (exact) mass is 330 g/mol. The summed E-state index contributed by atoms with van der Waals surface area (Å²) in [5, 5.41) is 0. The second-order valence-electron chi connectivity index (χ2n) is 7.14. The van der Waals surface area contributed by atoms with Gasteiger partial charge < -0.3 is 9.32 Å². The van der Waals surface area contributed by atoms with Crippen LogP contribution in [-0.4, -0.2) is 47.2 Å². The number of halogens is 1. The molecule has 2 unspecified atom stereocenters. The van der Waals surface area contributed by atoms with Crippen molar-refractivity contribution in [2.45, 2.75) is 32.5 Å². The fourth-order valence-corrected chi connectivity index (χ4v) is 3.98. The maximum Gasteiger partial charge on any atom is 0.225 e. The van der Waals surface area contributed by atoms with Crippen LogP contribution >= 0.6 is 0 Å². The Kier molecular flexibility index (Phi) is 4.00. The highest BCUT2D eigenvalue weighted by Crippen LogP contribution is 2.42. The Bertz CT molecular complexity index is 675. The molecule has 4 heterocycles. The molecule has 2 aromatic heterocycles. The van der Waals surface area contributed by atoms with Gasteiger partial charge in [0.15, 0.2) is 0 Å². The van der Waals surface area contributed by atoms with Crippen molar-refractivity contribution in [3.8, 4) is 0 Å². The quantitative estimate of drug-likeness (QED) is 0.866. The van der Waals surface area contributed by atoms with E-state index in [1.54, 1.807) is 6.26 Å². The fraction of sp³-hybridized carbons (Fsp3) is 0.556. The Hall–Kier alpha value is -1.95. The van der Waals surface area contributed by atoms with Crippen molar-refractivity contribution in [1.29, 1.82) is 0 Å². The number of furan rings is 1. The predicted molar refractivity (Wildman–Crippen MR) is 89.5 cm³/mol. The summed E-state index contributed by atoms with van der Waals surface area (Å²) in [6.07, 6.45) is 6.00. The van der Waals surface area contributed by atoms with E-state index in [4.69, 9.17) is 4.42 Å². The van der Waals surface area contributed by atoms with Gasteiger partial charge in [-0.05, 0) is 44.0 Å². The SMILES string of the molecule is Cc1cnc(N2CCC(F)C3(CCN(Cc4ccco4)C3)C2)nc1. The van der Waals surface area contributed by atoms with Gasteiger partial charge in [-0.3, -0.25) is 4.90 Å². The summed E-state index contributed by atoms with van der Waals surface area (Å²) < 4.78 is 20.3. The summed E-state index contributed by atoms with van der Waals surface area (Å²) in [5.41, 5.74) is 0.721. The van der Waals surface area contributed by atoms with Crippen LogP contribution in [0.1, 0.15) is 24.2 Å². The molecule has 1 spiro atoms. The molecule has 128 valence electrons. The van der Waals surface area contributed by atoms with Gasteiger partial charge in [-0.1, -0.05) is 0 Å². The van der Waals surface area contributed by atoms with E-state index < -0.39 is 6.17 Å². The first-order valence-electron chi connectivity index (χ1n) is 8.57. The molecule has 2 fully saturated rings. The van der Waals surface area contributed by atoms with Crippen LogP contribution in [0.5, 0.6) is 0 Å². The lowest BCUT2D eigenvalue weighted by molar-refractivity contribution is 0.0857. The Balaban J connectivity index is 1.48. The van der Waals surface area contributed by atoms with Gasteiger partial charge in [0.05, 0.1) is 12.8 Å². The molecule has 2 aliphatic rings. The third kappa shape index (κ3) is 2.90. The Morgan fingerprint density at radius 2 is 2.12 bits per heavy atom. The van der Waals surface area contributed by atoms with Gasteiger partial charge in [-0.15, -0.1) is 0 Å². The molecular weight excluding hydrogens is 307 g/mol. The number of likely N-dealkylation sites (tertiary alicyclic amines) is 1. The van der Waals surface area contributed by atoms with E-state index in [0.29, 0.717) is 19.5 Å². The molecule has 0 bridgehead atoms. The summed E-state index contributed by atoms with van der Waals surface area (Å²) in [6, 6.07) is 3.88. The topological polar surface area (TPSA) is 45.4 Å². The third-order valence-corrected chi connectivity index (χ3v) is 5.30. The molecule has 2 aromatic rings. The maximum absolute atomic E-state index is 14.8. The number of nitrogens with zero attached hydrogens (tertiary/aromatic N) is 4. The molecule has 0 radical (unpaired) electrons. The average molecular weight is 330 g/mol. The predicted octanol–water partition coefficient (Wildman–Crippen LogP) is 2.82. The molecule has 0 N–H and O–H groups in total. The molecule has 4 rings (SSSR count). The minimum atomic E-state index is -0.763. The van der Waals surface area contributed by atoms with Gasteiger partial charge in [0.1, 0.15) is 11.9 Å². The minimum absolute atomic E-state index is 0.320. The molecule has 6 heteroatoms. The van der Waals surface area contributed by atoms with E-state index in [-0.39, 0.29) is 5.41 Å². The minimum Gasteiger partial charge on any atom is -0.468 e. The molecule has 5 nitrogen and oxygen atoms in total. The first kappa shape index (κ1) is 15.6. The van der Waals surface area contributed by atoms with E-state index >= 15 is 0 Å². The van der Waals surface area contributed by atoms with Crippen LogP contribution in [0.4, 0.5) is 10.3 Å². The molecule has 24 heavy (non-hydrogen) atoms. The normalized spacial score (nSPS) is 27.9. The highest BCUT2D eigenvalue weighted by atomic mass is 19.1. The summed E-state index contributed by atoms with van der Waals surface area (Å²) in [6.45, 7) is 5.77. The lowest BCUT2D eigenvalue weighted by Gasteiger charge is -2.42.